The number of allylic oxidation sites excluding steroid dienone is 1. The van der Waals surface area contributed by atoms with Gasteiger partial charge in [-0.25, -0.2) is 4.79 Å². The van der Waals surface area contributed by atoms with Crippen molar-refractivity contribution in [1.29, 1.82) is 0 Å². The first kappa shape index (κ1) is 26.4. The van der Waals surface area contributed by atoms with Gasteiger partial charge in [-0.05, 0) is 31.6 Å². The van der Waals surface area contributed by atoms with E-state index in [9.17, 15) is 19.2 Å². The van der Waals surface area contributed by atoms with Gasteiger partial charge in [0.25, 0.3) is 0 Å². The highest BCUT2D eigenvalue weighted by Crippen LogP contribution is 2.43. The molecule has 1 aliphatic heterocycles. The van der Waals surface area contributed by atoms with Crippen LogP contribution in [0.5, 0.6) is 0 Å². The number of esters is 3. The maximum Gasteiger partial charge on any atom is 0.333 e. The van der Waals surface area contributed by atoms with E-state index in [0.29, 0.717) is 36.8 Å². The topological polar surface area (TPSA) is 105 Å². The van der Waals surface area contributed by atoms with Crippen LogP contribution in [0.4, 0.5) is 0 Å². The van der Waals surface area contributed by atoms with Crippen molar-refractivity contribution in [3.63, 3.8) is 0 Å². The predicted octanol–water partition coefficient (Wildman–Crippen LogP) is 3.80. The van der Waals surface area contributed by atoms with E-state index in [-0.39, 0.29) is 18.1 Å². The number of ether oxygens (including phenoxy) is 4. The Kier molecular flexibility index (Phi) is 9.44. The molecule has 0 saturated carbocycles. The molecule has 0 bridgehead atoms. The fourth-order valence-corrected chi connectivity index (χ4v) is 4.38. The van der Waals surface area contributed by atoms with E-state index in [1.165, 1.54) is 27.2 Å². The van der Waals surface area contributed by atoms with Crippen LogP contribution < -0.4 is 0 Å². The van der Waals surface area contributed by atoms with E-state index >= 15 is 0 Å². The molecule has 0 aromatic heterocycles. The molecule has 1 aliphatic carbocycles. The van der Waals surface area contributed by atoms with Crippen LogP contribution in [-0.2, 0) is 38.1 Å². The van der Waals surface area contributed by atoms with Crippen molar-refractivity contribution in [3.05, 3.63) is 35.6 Å². The van der Waals surface area contributed by atoms with Gasteiger partial charge in [-0.2, -0.15) is 0 Å². The summed E-state index contributed by atoms with van der Waals surface area (Å²) in [5.74, 6) is -2.56. The van der Waals surface area contributed by atoms with Gasteiger partial charge in [-0.15, -0.1) is 0 Å². The molecule has 4 unspecified atom stereocenters. The normalized spacial score (nSPS) is 25.5. The summed E-state index contributed by atoms with van der Waals surface area (Å²) < 4.78 is 21.6. The molecule has 0 saturated heterocycles. The average molecular weight is 463 g/mol. The van der Waals surface area contributed by atoms with Gasteiger partial charge in [-0.3, -0.25) is 14.4 Å². The van der Waals surface area contributed by atoms with Crippen LogP contribution in [-0.4, -0.2) is 43.2 Å². The largest absolute Gasteiger partial charge is 0.466 e. The molecular formula is C25H34O8. The first-order chi connectivity index (χ1) is 15.5. The van der Waals surface area contributed by atoms with E-state index in [0.717, 1.165) is 5.57 Å². The maximum absolute atomic E-state index is 13.1. The van der Waals surface area contributed by atoms with Gasteiger partial charge in [0.2, 0.25) is 6.29 Å². The standard InChI is InChI=1S/C25H34O8/c1-14(2)12-21(28)23(32-16(4)26)20-13-31-25(33-17(5)27)22-15(3)8-7-9-18(24(29)30-6)10-11-19(20)22/h9,13-14,19,22-23,25H,3,7-8,10-12H2,1-2,4-6H3/b18-9-. The van der Waals surface area contributed by atoms with E-state index < -0.39 is 42.1 Å². The molecule has 1 heterocycles. The third kappa shape index (κ3) is 7.04. The Morgan fingerprint density at radius 1 is 1.15 bits per heavy atom. The van der Waals surface area contributed by atoms with Crippen LogP contribution in [0, 0.1) is 17.8 Å². The fraction of sp³-hybridized carbons (Fsp3) is 0.600. The third-order valence-corrected chi connectivity index (χ3v) is 5.76. The second-order valence-corrected chi connectivity index (χ2v) is 8.87. The predicted molar refractivity (Wildman–Crippen MR) is 119 cm³/mol. The number of methoxy groups -OCH3 is 1. The lowest BCUT2D eigenvalue weighted by Gasteiger charge is -2.40. The zero-order valence-electron chi connectivity index (χ0n) is 20.1. The molecule has 0 N–H and O–H groups in total. The zero-order valence-corrected chi connectivity index (χ0v) is 20.1. The fourth-order valence-electron chi connectivity index (χ4n) is 4.38. The smallest absolute Gasteiger partial charge is 0.333 e. The van der Waals surface area contributed by atoms with Gasteiger partial charge in [0.15, 0.2) is 11.9 Å². The molecule has 182 valence electrons. The molecule has 4 atom stereocenters. The second kappa shape index (κ2) is 11.8. The number of rotatable bonds is 7. The molecule has 0 spiro atoms. The SMILES string of the molecule is C=C1CC/C=C(\C(=O)OC)CCC2C(C(OC(C)=O)C(=O)CC(C)C)=COC(OC(C)=O)C12. The molecule has 8 heteroatoms. The van der Waals surface area contributed by atoms with E-state index in [4.69, 9.17) is 18.9 Å². The molecule has 2 aliphatic rings. The lowest BCUT2D eigenvalue weighted by molar-refractivity contribution is -0.181. The van der Waals surface area contributed by atoms with Gasteiger partial charge < -0.3 is 18.9 Å². The Bertz CT molecular complexity index is 850. The summed E-state index contributed by atoms with van der Waals surface area (Å²) in [5, 5.41) is 0. The molecule has 0 radical (unpaired) electrons. The summed E-state index contributed by atoms with van der Waals surface area (Å²) in [4.78, 5) is 48.9. The molecule has 0 aromatic rings. The Balaban J connectivity index is 2.52. The van der Waals surface area contributed by atoms with E-state index in [1.807, 2.05) is 19.9 Å². The summed E-state index contributed by atoms with van der Waals surface area (Å²) >= 11 is 0. The molecule has 8 nitrogen and oxygen atoms in total. The van der Waals surface area contributed by atoms with Gasteiger partial charge in [0.05, 0.1) is 19.3 Å². The highest BCUT2D eigenvalue weighted by molar-refractivity contribution is 5.89. The van der Waals surface area contributed by atoms with Crippen molar-refractivity contribution >= 4 is 23.7 Å². The Morgan fingerprint density at radius 2 is 1.85 bits per heavy atom. The molecule has 0 fully saturated rings. The summed E-state index contributed by atoms with van der Waals surface area (Å²) in [7, 11) is 1.33. The van der Waals surface area contributed by atoms with Gasteiger partial charge in [0, 0.05) is 37.3 Å². The first-order valence-corrected chi connectivity index (χ1v) is 11.2. The number of carbonyl (C=O) groups is 4. The molecule has 33 heavy (non-hydrogen) atoms. The number of hydrogen-bond acceptors (Lipinski definition) is 8. The summed E-state index contributed by atoms with van der Waals surface area (Å²) in [6.45, 7) is 10.6. The highest BCUT2D eigenvalue weighted by atomic mass is 16.7. The number of fused-ring (bicyclic) bond motifs is 1. The van der Waals surface area contributed by atoms with Crippen molar-refractivity contribution in [2.45, 2.75) is 72.2 Å². The Labute approximate surface area is 195 Å². The highest BCUT2D eigenvalue weighted by Gasteiger charge is 2.45. The Morgan fingerprint density at radius 3 is 2.42 bits per heavy atom. The van der Waals surface area contributed by atoms with Crippen LogP contribution >= 0.6 is 0 Å². The van der Waals surface area contributed by atoms with Gasteiger partial charge in [-0.1, -0.05) is 32.1 Å². The zero-order chi connectivity index (χ0) is 24.7. The lowest BCUT2D eigenvalue weighted by atomic mass is 9.74. The van der Waals surface area contributed by atoms with Gasteiger partial charge in [0.1, 0.15) is 0 Å². The third-order valence-electron chi connectivity index (χ3n) is 5.76. The van der Waals surface area contributed by atoms with Crippen molar-refractivity contribution in [2.75, 3.05) is 7.11 Å². The van der Waals surface area contributed by atoms with Crippen LogP contribution in [0.25, 0.3) is 0 Å². The number of hydrogen-bond donors (Lipinski definition) is 0. The average Bonchev–Trinajstić information content (AvgIpc) is 2.80. The minimum absolute atomic E-state index is 0.0645. The maximum atomic E-state index is 13.1. The number of carbonyl (C=O) groups excluding carboxylic acids is 4. The Hall–Kier alpha value is -2.90. The monoisotopic (exact) mass is 462 g/mol. The minimum Gasteiger partial charge on any atom is -0.466 e. The molecule has 2 rings (SSSR count). The van der Waals surface area contributed by atoms with Crippen molar-refractivity contribution in [3.8, 4) is 0 Å². The van der Waals surface area contributed by atoms with Crippen LogP contribution in [0.15, 0.2) is 35.6 Å². The molecule has 0 aromatic carbocycles. The van der Waals surface area contributed by atoms with E-state index in [1.54, 1.807) is 0 Å². The summed E-state index contributed by atoms with van der Waals surface area (Å²) in [6, 6.07) is 0. The van der Waals surface area contributed by atoms with Crippen molar-refractivity contribution in [2.24, 2.45) is 17.8 Å². The first-order valence-electron chi connectivity index (χ1n) is 11.2. The number of Topliss-reactive ketones (excluding diaryl/α,β-unsaturated/α-hetero) is 1. The van der Waals surface area contributed by atoms with Crippen LogP contribution in [0.2, 0.25) is 0 Å². The molecule has 0 amide bonds. The quantitative estimate of drug-likeness (QED) is 0.320. The lowest BCUT2D eigenvalue weighted by Crippen LogP contribution is -2.43. The number of ketones is 1. The van der Waals surface area contributed by atoms with E-state index in [2.05, 4.69) is 6.58 Å². The van der Waals surface area contributed by atoms with Crippen molar-refractivity contribution in [1.82, 2.24) is 0 Å². The van der Waals surface area contributed by atoms with Crippen LogP contribution in [0.3, 0.4) is 0 Å². The minimum atomic E-state index is -1.13. The molecular weight excluding hydrogens is 428 g/mol. The van der Waals surface area contributed by atoms with Crippen molar-refractivity contribution < 1.29 is 38.1 Å². The second-order valence-electron chi connectivity index (χ2n) is 8.87. The van der Waals surface area contributed by atoms with Gasteiger partial charge >= 0.3 is 17.9 Å². The summed E-state index contributed by atoms with van der Waals surface area (Å²) in [6.07, 6.45) is 3.22. The van der Waals surface area contributed by atoms with Crippen LogP contribution in [0.1, 0.15) is 59.8 Å². The summed E-state index contributed by atoms with van der Waals surface area (Å²) in [5.41, 5.74) is 1.77.